The molecule has 1 rings (SSSR count). The number of ether oxygens (including phenoxy) is 1. The summed E-state index contributed by atoms with van der Waals surface area (Å²) in [4.78, 5) is 11.0. The number of rotatable bonds is 7. The molecule has 1 aromatic heterocycles. The second-order valence-corrected chi connectivity index (χ2v) is 4.13. The molecule has 4 nitrogen and oxygen atoms in total. The SMILES string of the molecule is CCOC(=O)CCCNCc1occc1Br. The minimum atomic E-state index is -0.136. The molecule has 0 saturated carbocycles. The van der Waals surface area contributed by atoms with Crippen LogP contribution < -0.4 is 5.32 Å². The van der Waals surface area contributed by atoms with Crippen molar-refractivity contribution in [2.24, 2.45) is 0 Å². The van der Waals surface area contributed by atoms with Crippen LogP contribution in [0.3, 0.4) is 0 Å². The first-order chi connectivity index (χ1) is 7.74. The monoisotopic (exact) mass is 289 g/mol. The van der Waals surface area contributed by atoms with Crippen molar-refractivity contribution in [2.45, 2.75) is 26.3 Å². The molecule has 0 amide bonds. The Kier molecular flexibility index (Phi) is 6.18. The van der Waals surface area contributed by atoms with E-state index in [2.05, 4.69) is 21.2 Å². The van der Waals surface area contributed by atoms with Gasteiger partial charge in [0.2, 0.25) is 0 Å². The fraction of sp³-hybridized carbons (Fsp3) is 0.545. The molecule has 0 aliphatic heterocycles. The van der Waals surface area contributed by atoms with Gasteiger partial charge in [-0.15, -0.1) is 0 Å². The van der Waals surface area contributed by atoms with Crippen LogP contribution in [0.15, 0.2) is 21.2 Å². The fourth-order valence-corrected chi connectivity index (χ4v) is 1.59. The zero-order valence-electron chi connectivity index (χ0n) is 9.29. The van der Waals surface area contributed by atoms with Crippen LogP contribution in [-0.2, 0) is 16.1 Å². The predicted molar refractivity (Wildman–Crippen MR) is 64.0 cm³/mol. The van der Waals surface area contributed by atoms with Crippen LogP contribution in [0.2, 0.25) is 0 Å². The highest BCUT2D eigenvalue weighted by molar-refractivity contribution is 9.10. The van der Waals surface area contributed by atoms with Crippen molar-refractivity contribution < 1.29 is 13.9 Å². The van der Waals surface area contributed by atoms with Crippen LogP contribution in [0.4, 0.5) is 0 Å². The van der Waals surface area contributed by atoms with Crippen LogP contribution in [0.1, 0.15) is 25.5 Å². The summed E-state index contributed by atoms with van der Waals surface area (Å²) in [5.74, 6) is 0.736. The first-order valence-electron chi connectivity index (χ1n) is 5.32. The number of carbonyl (C=O) groups excluding carboxylic acids is 1. The average molecular weight is 290 g/mol. The molecular weight excluding hydrogens is 274 g/mol. The second-order valence-electron chi connectivity index (χ2n) is 3.28. The molecule has 0 saturated heterocycles. The van der Waals surface area contributed by atoms with Crippen LogP contribution >= 0.6 is 15.9 Å². The molecule has 0 aliphatic rings. The van der Waals surface area contributed by atoms with E-state index in [9.17, 15) is 4.79 Å². The molecule has 0 aromatic carbocycles. The van der Waals surface area contributed by atoms with Crippen LogP contribution in [0.25, 0.3) is 0 Å². The van der Waals surface area contributed by atoms with E-state index in [1.807, 2.05) is 13.0 Å². The van der Waals surface area contributed by atoms with Crippen molar-refractivity contribution in [1.29, 1.82) is 0 Å². The number of nitrogens with one attached hydrogen (secondary N) is 1. The van der Waals surface area contributed by atoms with Gasteiger partial charge in [0.1, 0.15) is 5.76 Å². The number of halogens is 1. The lowest BCUT2D eigenvalue weighted by molar-refractivity contribution is -0.143. The lowest BCUT2D eigenvalue weighted by atomic mass is 10.3. The minimum Gasteiger partial charge on any atom is -0.467 e. The highest BCUT2D eigenvalue weighted by Crippen LogP contribution is 2.16. The summed E-state index contributed by atoms with van der Waals surface area (Å²) in [5, 5.41) is 3.19. The Morgan fingerprint density at radius 2 is 2.44 bits per heavy atom. The molecule has 5 heteroatoms. The molecule has 0 fully saturated rings. The lowest BCUT2D eigenvalue weighted by Crippen LogP contribution is -2.16. The number of hydrogen-bond donors (Lipinski definition) is 1. The molecule has 90 valence electrons. The first kappa shape index (κ1) is 13.3. The highest BCUT2D eigenvalue weighted by atomic mass is 79.9. The van der Waals surface area contributed by atoms with Crippen molar-refractivity contribution >= 4 is 21.9 Å². The number of carbonyl (C=O) groups is 1. The maximum atomic E-state index is 11.0. The summed E-state index contributed by atoms with van der Waals surface area (Å²) in [6.07, 6.45) is 2.87. The van der Waals surface area contributed by atoms with Gasteiger partial charge >= 0.3 is 5.97 Å². The van der Waals surface area contributed by atoms with Gasteiger partial charge in [0.05, 0.1) is 23.9 Å². The van der Waals surface area contributed by atoms with Crippen molar-refractivity contribution in [2.75, 3.05) is 13.2 Å². The van der Waals surface area contributed by atoms with E-state index >= 15 is 0 Å². The molecule has 0 aliphatic carbocycles. The summed E-state index contributed by atoms with van der Waals surface area (Å²) in [6, 6.07) is 1.86. The average Bonchev–Trinajstić information content (AvgIpc) is 2.64. The first-order valence-corrected chi connectivity index (χ1v) is 6.11. The van der Waals surface area contributed by atoms with E-state index in [4.69, 9.17) is 9.15 Å². The molecule has 16 heavy (non-hydrogen) atoms. The van der Waals surface area contributed by atoms with Gasteiger partial charge in [-0.2, -0.15) is 0 Å². The van der Waals surface area contributed by atoms with Gasteiger partial charge in [-0.3, -0.25) is 4.79 Å². The minimum absolute atomic E-state index is 0.136. The van der Waals surface area contributed by atoms with E-state index in [0.29, 0.717) is 19.6 Å². The van der Waals surface area contributed by atoms with Crippen molar-refractivity contribution in [3.63, 3.8) is 0 Å². The van der Waals surface area contributed by atoms with Crippen LogP contribution in [0, 0.1) is 0 Å². The number of esters is 1. The predicted octanol–water partition coefficient (Wildman–Crippen LogP) is 2.48. The van der Waals surface area contributed by atoms with Crippen LogP contribution in [-0.4, -0.2) is 19.1 Å². The molecular formula is C11H16BrNO3. The van der Waals surface area contributed by atoms with Crippen molar-refractivity contribution in [3.05, 3.63) is 22.6 Å². The Morgan fingerprint density at radius 3 is 3.06 bits per heavy atom. The lowest BCUT2D eigenvalue weighted by Gasteiger charge is -2.03. The molecule has 0 spiro atoms. The third-order valence-electron chi connectivity index (χ3n) is 2.02. The maximum absolute atomic E-state index is 11.0. The third-order valence-corrected chi connectivity index (χ3v) is 2.72. The largest absolute Gasteiger partial charge is 0.467 e. The zero-order chi connectivity index (χ0) is 11.8. The molecule has 0 unspecified atom stereocenters. The van der Waals surface area contributed by atoms with E-state index in [1.165, 1.54) is 0 Å². The molecule has 0 atom stereocenters. The van der Waals surface area contributed by atoms with Gasteiger partial charge in [0.25, 0.3) is 0 Å². The van der Waals surface area contributed by atoms with Gasteiger partial charge < -0.3 is 14.5 Å². The van der Waals surface area contributed by atoms with E-state index in [-0.39, 0.29) is 5.97 Å². The standard InChI is InChI=1S/C11H16BrNO3/c1-2-15-11(14)4-3-6-13-8-10-9(12)5-7-16-10/h5,7,13H,2-4,6,8H2,1H3. The van der Waals surface area contributed by atoms with Gasteiger partial charge in [-0.05, 0) is 41.9 Å². The van der Waals surface area contributed by atoms with Gasteiger partial charge in [-0.1, -0.05) is 0 Å². The smallest absolute Gasteiger partial charge is 0.305 e. The molecule has 0 radical (unpaired) electrons. The zero-order valence-corrected chi connectivity index (χ0v) is 10.9. The normalized spacial score (nSPS) is 10.4. The fourth-order valence-electron chi connectivity index (χ4n) is 1.24. The van der Waals surface area contributed by atoms with E-state index in [1.54, 1.807) is 6.26 Å². The van der Waals surface area contributed by atoms with Gasteiger partial charge in [0.15, 0.2) is 0 Å². The summed E-state index contributed by atoms with van der Waals surface area (Å²) >= 11 is 3.37. The Morgan fingerprint density at radius 1 is 1.62 bits per heavy atom. The summed E-state index contributed by atoms with van der Waals surface area (Å²) < 4.78 is 11.0. The Bertz CT molecular complexity index is 325. The maximum Gasteiger partial charge on any atom is 0.305 e. The van der Waals surface area contributed by atoms with Crippen molar-refractivity contribution in [3.8, 4) is 0 Å². The quantitative estimate of drug-likeness (QED) is 0.619. The number of furan rings is 1. The molecule has 1 N–H and O–H groups in total. The second kappa shape index (κ2) is 7.46. The number of hydrogen-bond acceptors (Lipinski definition) is 4. The van der Waals surface area contributed by atoms with Crippen LogP contribution in [0.5, 0.6) is 0 Å². The Balaban J connectivity index is 2.04. The van der Waals surface area contributed by atoms with Crippen molar-refractivity contribution in [1.82, 2.24) is 5.32 Å². The third kappa shape index (κ3) is 4.81. The summed E-state index contributed by atoms with van der Waals surface area (Å²) in [6.45, 7) is 3.69. The Hall–Kier alpha value is -0.810. The summed E-state index contributed by atoms with van der Waals surface area (Å²) in [5.41, 5.74) is 0. The molecule has 0 bridgehead atoms. The highest BCUT2D eigenvalue weighted by Gasteiger charge is 2.03. The van der Waals surface area contributed by atoms with Gasteiger partial charge in [-0.25, -0.2) is 0 Å². The molecule has 1 aromatic rings. The van der Waals surface area contributed by atoms with Gasteiger partial charge in [0, 0.05) is 6.42 Å². The Labute approximate surface area is 103 Å². The van der Waals surface area contributed by atoms with E-state index < -0.39 is 0 Å². The van der Waals surface area contributed by atoms with E-state index in [0.717, 1.165) is 23.2 Å². The molecule has 1 heterocycles. The topological polar surface area (TPSA) is 51.5 Å². The summed E-state index contributed by atoms with van der Waals surface area (Å²) in [7, 11) is 0.